The lowest BCUT2D eigenvalue weighted by Gasteiger charge is -2.19. The molecule has 2 N–H and O–H groups in total. The molecule has 2 amide bonds. The van der Waals surface area contributed by atoms with Crippen LogP contribution in [0.15, 0.2) is 47.2 Å². The van der Waals surface area contributed by atoms with Crippen LogP contribution >= 0.6 is 0 Å². The molecule has 1 aromatic heterocycles. The minimum Gasteiger partial charge on any atom is -0.380 e. The van der Waals surface area contributed by atoms with Gasteiger partial charge in [0.1, 0.15) is 5.82 Å². The van der Waals surface area contributed by atoms with Crippen LogP contribution < -0.4 is 5.32 Å². The summed E-state index contributed by atoms with van der Waals surface area (Å²) in [6.45, 7) is 6.53. The van der Waals surface area contributed by atoms with Crippen molar-refractivity contribution in [1.82, 2.24) is 15.2 Å². The summed E-state index contributed by atoms with van der Waals surface area (Å²) in [5.41, 5.74) is 7.59. The van der Waals surface area contributed by atoms with Gasteiger partial charge in [0.15, 0.2) is 0 Å². The van der Waals surface area contributed by atoms with Crippen molar-refractivity contribution in [1.29, 1.82) is 0 Å². The maximum absolute atomic E-state index is 14.0. The van der Waals surface area contributed by atoms with Crippen molar-refractivity contribution < 1.29 is 18.7 Å². The monoisotopic (exact) mass is 475 g/mol. The van der Waals surface area contributed by atoms with Crippen LogP contribution in [0.25, 0.3) is 11.6 Å². The molecule has 1 aliphatic carbocycles. The van der Waals surface area contributed by atoms with Gasteiger partial charge in [0.2, 0.25) is 5.91 Å². The number of halogens is 1. The van der Waals surface area contributed by atoms with Crippen molar-refractivity contribution in [3.63, 3.8) is 0 Å². The van der Waals surface area contributed by atoms with Crippen molar-refractivity contribution in [2.75, 3.05) is 26.3 Å². The summed E-state index contributed by atoms with van der Waals surface area (Å²) in [5.74, 6) is -0.376. The number of aromatic amines is 1. The van der Waals surface area contributed by atoms with Crippen LogP contribution in [0, 0.1) is 19.7 Å². The number of benzene rings is 1. The molecule has 3 heterocycles. The van der Waals surface area contributed by atoms with E-state index in [0.29, 0.717) is 38.3 Å². The molecule has 6 nitrogen and oxygen atoms in total. The van der Waals surface area contributed by atoms with Crippen molar-refractivity contribution in [3.05, 3.63) is 81.1 Å². The number of carbonyl (C=O) groups excluding carboxylic acids is 2. The van der Waals surface area contributed by atoms with Crippen LogP contribution in [0.2, 0.25) is 0 Å². The second-order valence-corrected chi connectivity index (χ2v) is 9.32. The molecule has 182 valence electrons. The first-order valence-corrected chi connectivity index (χ1v) is 12.2. The minimum absolute atomic E-state index is 0.0899. The molecular weight excluding hydrogens is 445 g/mol. The van der Waals surface area contributed by atoms with Crippen molar-refractivity contribution >= 4 is 23.5 Å². The van der Waals surface area contributed by atoms with E-state index < -0.39 is 0 Å². The van der Waals surface area contributed by atoms with Crippen molar-refractivity contribution in [2.45, 2.75) is 39.5 Å². The van der Waals surface area contributed by atoms with Gasteiger partial charge in [0.25, 0.3) is 5.91 Å². The standard InChI is InChI=1S/C28H30FN3O3/c1-17-22(16-26(33)32-10-5-12-35-13-11-32)18(2)30-25(17)15-23-27-21(19-6-3-7-20(29)14-19)8-4-9-24(27)31-28(23)34/h3,6-7,9,14-15,30H,4-5,8,10-13,16H2,1-2H3,(H,31,34)/b23-15-. The average Bonchev–Trinajstić information content (AvgIpc) is 3.14. The van der Waals surface area contributed by atoms with Gasteiger partial charge in [-0.25, -0.2) is 4.39 Å². The largest absolute Gasteiger partial charge is 0.380 e. The Hall–Kier alpha value is -3.45. The number of amides is 2. The topological polar surface area (TPSA) is 74.4 Å². The highest BCUT2D eigenvalue weighted by molar-refractivity contribution is 6.12. The molecule has 2 fully saturated rings. The molecule has 2 aromatic rings. The third-order valence-corrected chi connectivity index (χ3v) is 7.07. The number of hydrogen-bond acceptors (Lipinski definition) is 3. The lowest BCUT2D eigenvalue weighted by molar-refractivity contribution is -0.130. The Morgan fingerprint density at radius 2 is 2.09 bits per heavy atom. The van der Waals surface area contributed by atoms with Crippen molar-refractivity contribution in [2.24, 2.45) is 0 Å². The molecule has 1 aromatic carbocycles. The summed E-state index contributed by atoms with van der Waals surface area (Å²) >= 11 is 0. The van der Waals surface area contributed by atoms with E-state index in [0.717, 1.165) is 64.2 Å². The van der Waals surface area contributed by atoms with Gasteiger partial charge < -0.3 is 19.9 Å². The summed E-state index contributed by atoms with van der Waals surface area (Å²) in [4.78, 5) is 31.2. The van der Waals surface area contributed by atoms with Gasteiger partial charge >= 0.3 is 0 Å². The van der Waals surface area contributed by atoms with E-state index in [1.54, 1.807) is 6.07 Å². The number of rotatable bonds is 4. The smallest absolute Gasteiger partial charge is 0.256 e. The molecule has 2 aliphatic heterocycles. The van der Waals surface area contributed by atoms with Gasteiger partial charge in [0, 0.05) is 42.4 Å². The van der Waals surface area contributed by atoms with Crippen LogP contribution in [0.5, 0.6) is 0 Å². The van der Waals surface area contributed by atoms with E-state index in [-0.39, 0.29) is 17.6 Å². The zero-order valence-electron chi connectivity index (χ0n) is 20.2. The van der Waals surface area contributed by atoms with E-state index in [2.05, 4.69) is 10.3 Å². The molecule has 0 spiro atoms. The molecule has 35 heavy (non-hydrogen) atoms. The number of aryl methyl sites for hydroxylation is 1. The van der Waals surface area contributed by atoms with E-state index in [9.17, 15) is 14.0 Å². The second kappa shape index (κ2) is 9.66. The van der Waals surface area contributed by atoms with Crippen LogP contribution in [0.4, 0.5) is 4.39 Å². The maximum Gasteiger partial charge on any atom is 0.256 e. The van der Waals surface area contributed by atoms with Crippen LogP contribution in [0.1, 0.15) is 47.3 Å². The fourth-order valence-corrected chi connectivity index (χ4v) is 5.20. The molecular formula is C28H30FN3O3. The third kappa shape index (κ3) is 4.60. The van der Waals surface area contributed by atoms with Crippen LogP contribution in [-0.4, -0.2) is 48.0 Å². The molecule has 7 heteroatoms. The number of carbonyl (C=O) groups is 2. The van der Waals surface area contributed by atoms with Crippen molar-refractivity contribution in [3.8, 4) is 0 Å². The number of ether oxygens (including phenoxy) is 1. The van der Waals surface area contributed by atoms with Crippen LogP contribution in [-0.2, 0) is 20.7 Å². The lowest BCUT2D eigenvalue weighted by atomic mass is 9.87. The van der Waals surface area contributed by atoms with Gasteiger partial charge in [-0.15, -0.1) is 0 Å². The zero-order chi connectivity index (χ0) is 24.5. The minimum atomic E-state index is -0.296. The highest BCUT2D eigenvalue weighted by Crippen LogP contribution is 2.40. The molecule has 3 aliphatic rings. The van der Waals surface area contributed by atoms with Gasteiger partial charge in [0.05, 0.1) is 18.6 Å². The number of aromatic nitrogens is 1. The Labute approximate surface area is 204 Å². The average molecular weight is 476 g/mol. The molecule has 2 saturated heterocycles. The Morgan fingerprint density at radius 1 is 1.23 bits per heavy atom. The molecule has 0 radical (unpaired) electrons. The summed E-state index contributed by atoms with van der Waals surface area (Å²) in [5, 5.41) is 2.98. The summed E-state index contributed by atoms with van der Waals surface area (Å²) in [7, 11) is 0. The third-order valence-electron chi connectivity index (χ3n) is 7.07. The quantitative estimate of drug-likeness (QED) is 0.651. The highest BCUT2D eigenvalue weighted by atomic mass is 19.1. The van der Waals surface area contributed by atoms with Gasteiger partial charge in [-0.1, -0.05) is 18.2 Å². The van der Waals surface area contributed by atoms with E-state index >= 15 is 0 Å². The first-order valence-electron chi connectivity index (χ1n) is 12.2. The summed E-state index contributed by atoms with van der Waals surface area (Å²) in [6, 6.07) is 6.53. The van der Waals surface area contributed by atoms with E-state index in [1.807, 2.05) is 37.0 Å². The SMILES string of the molecule is Cc1[nH]c(/C=C2\C(=O)NC3=CCCC(c4cccc(F)c4)=C32)c(C)c1CC(=O)N1CCCOCC1. The molecule has 5 rings (SSSR count). The van der Waals surface area contributed by atoms with Gasteiger partial charge in [-0.3, -0.25) is 9.59 Å². The predicted molar refractivity (Wildman–Crippen MR) is 133 cm³/mol. The number of H-pyrrole nitrogens is 1. The number of hydrogen-bond donors (Lipinski definition) is 2. The number of allylic oxidation sites excluding steroid dienone is 3. The number of nitrogens with one attached hydrogen (secondary N) is 2. The predicted octanol–water partition coefficient (Wildman–Crippen LogP) is 4.21. The Kier molecular flexibility index (Phi) is 6.43. The Bertz CT molecular complexity index is 1280. The van der Waals surface area contributed by atoms with E-state index in [1.165, 1.54) is 12.1 Å². The Morgan fingerprint density at radius 3 is 2.91 bits per heavy atom. The first kappa shape index (κ1) is 23.3. The van der Waals surface area contributed by atoms with Gasteiger partial charge in [-0.2, -0.15) is 0 Å². The normalized spacial score (nSPS) is 19.5. The molecule has 0 bridgehead atoms. The van der Waals surface area contributed by atoms with Gasteiger partial charge in [-0.05, 0) is 73.6 Å². The summed E-state index contributed by atoms with van der Waals surface area (Å²) in [6.07, 6.45) is 6.57. The summed E-state index contributed by atoms with van der Waals surface area (Å²) < 4.78 is 19.4. The zero-order valence-corrected chi connectivity index (χ0v) is 20.2. The lowest BCUT2D eigenvalue weighted by Crippen LogP contribution is -2.34. The second-order valence-electron chi connectivity index (χ2n) is 9.32. The number of nitrogens with zero attached hydrogens (tertiary/aromatic N) is 1. The first-order chi connectivity index (χ1) is 16.9. The molecule has 0 unspecified atom stereocenters. The Balaban J connectivity index is 1.49. The molecule has 0 saturated carbocycles. The van der Waals surface area contributed by atoms with Crippen LogP contribution in [0.3, 0.4) is 0 Å². The maximum atomic E-state index is 14.0. The fraction of sp³-hybridized carbons (Fsp3) is 0.357. The van der Waals surface area contributed by atoms with E-state index in [4.69, 9.17) is 4.74 Å². The fourth-order valence-electron chi connectivity index (χ4n) is 5.20. The highest BCUT2D eigenvalue weighted by Gasteiger charge is 2.32. The number of fused-ring (bicyclic) bond motifs is 1. The molecule has 0 atom stereocenters.